The standard InChI is InChI=1S/C18H17NO3.3C11H11NO3.C10H10N2O3.C10H9NO3.C8H11NO3.C8H13NO3.C7H11NO3/c20-17(11-12-18(21)22)19(13-15-7-3-1-4-8-15)14-16-9-5-2-6-10-16;1-8-2-4-9(5-3-8)12-10(13)6-7-11(14)15;1-8-3-2-4-9(7-8)12-10(13)5-6-11(14)15;13-10(6-7-11(14)15)12-8-9-4-2-1-3-5-9;1-12(8-3-2-6-11-7-8)9(13)4-5-10(14)15;12-9(6-7-10(13)14)11-8-4-2-1-3-5-8;10-7(3-4-8(11)12)9-5-1-2-6-9;1-6(2)5-9-7(10)3-4-8(11)12;1-3-8(2)6(9)4-5-7(10)11/h1-12H,13-14H2,(H,21,22);2*2-7H,1H3,(H,12,13)(H,14,15);1-7H,8H2,(H,12,13)(H,14,15);2-7H,1H3,(H,14,15);1-7H,(H,11,12)(H,13,14);3-4H,1-2,5-6H2,(H,11,12);3-4,6H,5H2,1-2H3,(H,9,10)(H,11,12);4-5H,3H2,1-2H3,(H,10,11)/b12-11-;7-6-;6-5-;7-6-;5-4-;7-6-;2*4-3-;5-4-. The van der Waals surface area contributed by atoms with Gasteiger partial charge in [0.2, 0.25) is 47.3 Å². The Morgan fingerprint density at radius 3 is 1.11 bits per heavy atom. The van der Waals surface area contributed by atoms with Gasteiger partial charge in [-0.1, -0.05) is 153 Å². The van der Waals surface area contributed by atoms with Crippen LogP contribution in [-0.4, -0.2) is 213 Å². The highest BCUT2D eigenvalue weighted by molar-refractivity contribution is 6.05. The highest BCUT2D eigenvalue weighted by Crippen LogP contribution is 2.15. The van der Waals surface area contributed by atoms with Gasteiger partial charge in [0.1, 0.15) is 0 Å². The largest absolute Gasteiger partial charge is 0.478 e. The van der Waals surface area contributed by atoms with Gasteiger partial charge in [-0.3, -0.25) is 48.1 Å². The van der Waals surface area contributed by atoms with Gasteiger partial charge in [-0.2, -0.15) is 0 Å². The fourth-order valence-electron chi connectivity index (χ4n) is 8.99. The van der Waals surface area contributed by atoms with Gasteiger partial charge in [0.25, 0.3) is 5.91 Å². The molecule has 1 saturated heterocycles. The summed E-state index contributed by atoms with van der Waals surface area (Å²) in [6.07, 6.45) is 21.7. The van der Waals surface area contributed by atoms with E-state index in [0.29, 0.717) is 61.4 Å². The van der Waals surface area contributed by atoms with Crippen LogP contribution in [0.5, 0.6) is 0 Å². The fraction of sp³-hybridized carbons (Fsp3) is 0.181. The van der Waals surface area contributed by atoms with E-state index in [4.69, 9.17) is 46.0 Å². The molecule has 0 spiro atoms. The Bertz CT molecular complexity index is 5100. The van der Waals surface area contributed by atoms with E-state index in [0.717, 1.165) is 163 Å². The molecule has 14 N–H and O–H groups in total. The smallest absolute Gasteiger partial charge is 0.328 e. The molecule has 131 heavy (non-hydrogen) atoms. The zero-order valence-electron chi connectivity index (χ0n) is 72.4. The van der Waals surface area contributed by atoms with Crippen molar-refractivity contribution in [1.82, 2.24) is 30.3 Å². The van der Waals surface area contributed by atoms with Gasteiger partial charge < -0.3 is 92.1 Å². The molecule has 1 aliphatic rings. The van der Waals surface area contributed by atoms with Crippen molar-refractivity contribution in [3.05, 3.63) is 332 Å². The average molecular weight is 1810 g/mol. The van der Waals surface area contributed by atoms with Gasteiger partial charge in [-0.25, -0.2) is 43.2 Å². The van der Waals surface area contributed by atoms with E-state index in [2.05, 4.69) is 31.6 Å². The van der Waals surface area contributed by atoms with Crippen LogP contribution in [0.2, 0.25) is 0 Å². The summed E-state index contributed by atoms with van der Waals surface area (Å²) >= 11 is 0. The van der Waals surface area contributed by atoms with Crippen LogP contribution in [0.1, 0.15) is 61.4 Å². The number of para-hydroxylation sites is 1. The first-order valence-electron chi connectivity index (χ1n) is 39.1. The van der Waals surface area contributed by atoms with Crippen molar-refractivity contribution in [2.24, 2.45) is 5.92 Å². The lowest BCUT2D eigenvalue weighted by molar-refractivity contribution is -0.133. The lowest BCUT2D eigenvalue weighted by Crippen LogP contribution is -2.28. The van der Waals surface area contributed by atoms with Crippen molar-refractivity contribution in [3.63, 3.8) is 0 Å². The number of hydrogen-bond donors (Lipinski definition) is 14. The Balaban J connectivity index is 0.00000146. The van der Waals surface area contributed by atoms with Crippen molar-refractivity contribution < 1.29 is 132 Å². The molecule has 37 nitrogen and oxygen atoms in total. The van der Waals surface area contributed by atoms with Crippen molar-refractivity contribution >= 4 is 130 Å². The molecule has 0 atom stereocenters. The molecule has 7 aromatic rings. The number of aryl methyl sites for hydroxylation is 2. The summed E-state index contributed by atoms with van der Waals surface area (Å²) in [7, 11) is 3.15. The summed E-state index contributed by atoms with van der Waals surface area (Å²) in [6, 6.07) is 55.3. The lowest BCUT2D eigenvalue weighted by atomic mass is 10.1. The van der Waals surface area contributed by atoms with Crippen molar-refractivity contribution in [3.8, 4) is 0 Å². The number of hydrogen-bond acceptors (Lipinski definition) is 19. The second-order valence-electron chi connectivity index (χ2n) is 26.6. The monoisotopic (exact) mass is 1800 g/mol. The lowest BCUT2D eigenvalue weighted by Gasteiger charge is -2.21. The zero-order valence-corrected chi connectivity index (χ0v) is 72.4. The number of carboxylic acid groups (broad SMARTS) is 9. The Morgan fingerprint density at radius 2 is 0.718 bits per heavy atom. The minimum Gasteiger partial charge on any atom is -0.478 e. The number of anilines is 4. The molecule has 1 fully saturated rings. The van der Waals surface area contributed by atoms with E-state index >= 15 is 0 Å². The molecule has 37 heteroatoms. The molecule has 1 aromatic heterocycles. The summed E-state index contributed by atoms with van der Waals surface area (Å²) in [5, 5.41) is 87.4. The van der Waals surface area contributed by atoms with Gasteiger partial charge in [0.15, 0.2) is 0 Å². The van der Waals surface area contributed by atoms with E-state index < -0.39 is 83.3 Å². The van der Waals surface area contributed by atoms with Crippen LogP contribution in [0.3, 0.4) is 0 Å². The minimum absolute atomic E-state index is 0.199. The summed E-state index contributed by atoms with van der Waals surface area (Å²) < 4.78 is 0. The second-order valence-corrected chi connectivity index (χ2v) is 26.6. The van der Waals surface area contributed by atoms with Crippen LogP contribution in [0, 0.1) is 19.8 Å². The van der Waals surface area contributed by atoms with E-state index in [-0.39, 0.29) is 23.6 Å². The first kappa shape index (κ1) is 114. The van der Waals surface area contributed by atoms with Crippen molar-refractivity contribution in [2.75, 3.05) is 61.1 Å². The summed E-state index contributed by atoms with van der Waals surface area (Å²) in [4.78, 5) is 202. The third-order valence-corrected chi connectivity index (χ3v) is 15.4. The molecule has 1 aliphatic heterocycles. The molecule has 0 unspecified atom stereocenters. The topological polar surface area (TPSA) is 575 Å². The first-order valence-corrected chi connectivity index (χ1v) is 39.1. The number of carbonyl (C=O) groups is 18. The number of carboxylic acids is 9. The first-order chi connectivity index (χ1) is 62.1. The quantitative estimate of drug-likeness (QED) is 0.0180. The summed E-state index contributed by atoms with van der Waals surface area (Å²) in [5.41, 5.74) is 7.60. The number of amides is 9. The maximum atomic E-state index is 12.2. The molecule has 8 rings (SSSR count). The molecule has 9 amide bonds. The second kappa shape index (κ2) is 68.0. The van der Waals surface area contributed by atoms with Crippen LogP contribution < -0.4 is 31.5 Å². The van der Waals surface area contributed by atoms with Crippen LogP contribution >= 0.6 is 0 Å². The van der Waals surface area contributed by atoms with Crippen LogP contribution in [0.4, 0.5) is 22.7 Å². The number of rotatable bonds is 31. The van der Waals surface area contributed by atoms with Gasteiger partial charge in [0, 0.05) is 193 Å². The number of nitrogens with zero attached hydrogens (tertiary/aromatic N) is 5. The summed E-state index contributed by atoms with van der Waals surface area (Å²) in [6.45, 7) is 13.5. The highest BCUT2D eigenvalue weighted by atomic mass is 16.4. The Hall–Kier alpha value is -17.4. The Labute approximate surface area is 754 Å². The van der Waals surface area contributed by atoms with E-state index in [9.17, 15) is 86.3 Å². The summed E-state index contributed by atoms with van der Waals surface area (Å²) in [5.74, 6) is -13.2. The molecule has 6 aromatic carbocycles. The zero-order chi connectivity index (χ0) is 98.4. The Morgan fingerprint density at radius 1 is 0.366 bits per heavy atom. The van der Waals surface area contributed by atoms with Gasteiger partial charge in [-0.15, -0.1) is 0 Å². The van der Waals surface area contributed by atoms with E-state index in [1.165, 1.54) is 16.0 Å². The fourth-order valence-corrected chi connectivity index (χ4v) is 8.99. The molecule has 2 heterocycles. The molecule has 0 bridgehead atoms. The number of aliphatic carboxylic acids is 9. The van der Waals surface area contributed by atoms with Crippen LogP contribution in [0.25, 0.3) is 0 Å². The minimum atomic E-state index is -1.15. The number of likely N-dealkylation sites (tertiary alicyclic amines) is 1. The van der Waals surface area contributed by atoms with Crippen molar-refractivity contribution in [1.29, 1.82) is 0 Å². The van der Waals surface area contributed by atoms with Gasteiger partial charge >= 0.3 is 53.7 Å². The molecule has 0 radical (unpaired) electrons. The Kier molecular flexibility index (Phi) is 59.0. The maximum absolute atomic E-state index is 12.2. The maximum Gasteiger partial charge on any atom is 0.328 e. The number of carbonyl (C=O) groups excluding carboxylic acids is 9. The predicted octanol–water partition coefficient (Wildman–Crippen LogP) is 9.65. The number of benzene rings is 6. The third kappa shape index (κ3) is 64.1. The molecule has 0 aliphatic carbocycles. The third-order valence-electron chi connectivity index (χ3n) is 15.4. The normalized spacial score (nSPS) is 10.9. The number of aromatic nitrogens is 1. The average Bonchev–Trinajstić information content (AvgIpc) is 1.61. The molecule has 0 saturated carbocycles. The molecular weight excluding hydrogens is 1700 g/mol. The van der Waals surface area contributed by atoms with Crippen molar-refractivity contribution in [2.45, 2.75) is 67.1 Å². The van der Waals surface area contributed by atoms with E-state index in [1.54, 1.807) is 90.8 Å². The molecular formula is C94H104N10O27. The predicted molar refractivity (Wildman–Crippen MR) is 486 cm³/mol. The van der Waals surface area contributed by atoms with Crippen LogP contribution in [0.15, 0.2) is 304 Å². The van der Waals surface area contributed by atoms with Gasteiger partial charge in [-0.05, 0) is 110 Å². The number of likely N-dealkylation sites (N-methyl/N-ethyl adjacent to an activating group) is 2. The number of nitrogens with one attached hydrogen (secondary N) is 5. The van der Waals surface area contributed by atoms with Gasteiger partial charge in [0.05, 0.1) is 11.9 Å². The SMILES string of the molecule is CC(C)CNC(=O)/C=C\C(=O)O.CCN(C)C(=O)/C=C\C(=O)O.CN(C(=O)/C=C\C(=O)O)c1cccnc1.Cc1ccc(NC(=O)/C=C\C(=O)O)cc1.Cc1cccc(NC(=O)/C=C\C(=O)O)c1.O=C(O)/C=C\C(=O)N(Cc1ccccc1)Cc1ccccc1.O=C(O)/C=C\C(=O)N1CCCC1.O=C(O)/C=C\C(=O)NCc1ccccc1.O=C(O)/C=C\C(=O)Nc1ccccc1. The van der Waals surface area contributed by atoms with E-state index in [1.807, 2.05) is 156 Å². The van der Waals surface area contributed by atoms with Crippen LogP contribution in [-0.2, 0) is 106 Å². The highest BCUT2D eigenvalue weighted by Gasteiger charge is 2.17. The number of pyridine rings is 1. The molecule has 692 valence electrons.